The Morgan fingerprint density at radius 1 is 1.17 bits per heavy atom. The Morgan fingerprint density at radius 2 is 1.67 bits per heavy atom. The van der Waals surface area contributed by atoms with Crippen LogP contribution in [0.25, 0.3) is 0 Å². The van der Waals surface area contributed by atoms with Crippen molar-refractivity contribution in [2.45, 2.75) is 65.4 Å². The number of hydrogen-bond acceptors (Lipinski definition) is 4. The lowest BCUT2D eigenvalue weighted by Crippen LogP contribution is -2.30. The molecule has 5 heteroatoms. The van der Waals surface area contributed by atoms with Crippen molar-refractivity contribution >= 4 is 15.3 Å². The third kappa shape index (κ3) is 9.38. The summed E-state index contributed by atoms with van der Waals surface area (Å²) >= 11 is 0. The number of hydrogen-bond donors (Lipinski definition) is 0. The first-order valence-corrected chi connectivity index (χ1v) is 7.89. The van der Waals surface area contributed by atoms with Gasteiger partial charge in [-0.1, -0.05) is 6.58 Å². The topological polar surface area (TPSA) is 44.8 Å². The summed E-state index contributed by atoms with van der Waals surface area (Å²) in [5.74, 6) is -0.383. The summed E-state index contributed by atoms with van der Waals surface area (Å²) in [4.78, 5) is 11.0. The normalized spacial score (nSPS) is 13.1. The number of rotatable bonds is 9. The zero-order valence-electron chi connectivity index (χ0n) is 12.1. The Labute approximate surface area is 112 Å². The highest BCUT2D eigenvalue weighted by molar-refractivity contribution is 6.44. The molecule has 0 aromatic heterocycles. The van der Waals surface area contributed by atoms with Crippen molar-refractivity contribution in [3.8, 4) is 0 Å². The average molecular weight is 273 g/mol. The molecule has 0 fully saturated rings. The van der Waals surface area contributed by atoms with E-state index >= 15 is 0 Å². The van der Waals surface area contributed by atoms with Crippen molar-refractivity contribution in [1.29, 1.82) is 0 Å². The fourth-order valence-corrected chi connectivity index (χ4v) is 3.28. The maximum Gasteiger partial charge on any atom is 0.385 e. The minimum Gasteiger partial charge on any atom is -0.460 e. The molecule has 0 aromatic carbocycles. The Morgan fingerprint density at radius 3 is 2.06 bits per heavy atom. The van der Waals surface area contributed by atoms with Crippen LogP contribution in [0.1, 0.15) is 41.0 Å². The molecular formula is C13H25O4Si. The molecule has 0 saturated heterocycles. The lowest BCUT2D eigenvalue weighted by molar-refractivity contribution is -0.142. The zero-order valence-corrected chi connectivity index (χ0v) is 13.1. The van der Waals surface area contributed by atoms with Gasteiger partial charge in [0.15, 0.2) is 0 Å². The van der Waals surface area contributed by atoms with Gasteiger partial charge in [-0.15, -0.1) is 0 Å². The fourth-order valence-electron chi connectivity index (χ4n) is 1.30. The molecule has 0 aliphatic carbocycles. The van der Waals surface area contributed by atoms with E-state index in [1.54, 1.807) is 0 Å². The first-order valence-electron chi connectivity index (χ1n) is 6.37. The molecule has 0 aromatic rings. The van der Waals surface area contributed by atoms with Crippen LogP contribution >= 0.6 is 0 Å². The molecule has 18 heavy (non-hydrogen) atoms. The summed E-state index contributed by atoms with van der Waals surface area (Å²) in [7, 11) is -1.30. The monoisotopic (exact) mass is 273 g/mol. The second kappa shape index (κ2) is 9.30. The van der Waals surface area contributed by atoms with Crippen molar-refractivity contribution in [3.05, 3.63) is 12.7 Å². The van der Waals surface area contributed by atoms with E-state index in [1.165, 1.54) is 6.08 Å². The van der Waals surface area contributed by atoms with Crippen LogP contribution in [0, 0.1) is 0 Å². The van der Waals surface area contributed by atoms with E-state index in [0.29, 0.717) is 0 Å². The first kappa shape index (κ1) is 17.3. The SMILES string of the molecule is C=CC(=O)OC(C)CC[Si](OC(C)C)OC(C)C. The highest BCUT2D eigenvalue weighted by Crippen LogP contribution is 2.11. The molecule has 4 nitrogen and oxygen atoms in total. The fraction of sp³-hybridized carbons (Fsp3) is 0.769. The molecule has 0 aliphatic rings. The lowest BCUT2D eigenvalue weighted by Gasteiger charge is -2.21. The summed E-state index contributed by atoms with van der Waals surface area (Å²) in [5, 5.41) is 0. The third-order valence-electron chi connectivity index (χ3n) is 1.97. The number of esters is 1. The van der Waals surface area contributed by atoms with Crippen molar-refractivity contribution in [2.75, 3.05) is 0 Å². The molecular weight excluding hydrogens is 248 g/mol. The Kier molecular flexibility index (Phi) is 8.96. The molecule has 1 radical (unpaired) electrons. The van der Waals surface area contributed by atoms with Gasteiger partial charge in [0.25, 0.3) is 0 Å². The van der Waals surface area contributed by atoms with Crippen LogP contribution in [0.15, 0.2) is 12.7 Å². The highest BCUT2D eigenvalue weighted by atomic mass is 28.3. The molecule has 0 bridgehead atoms. The molecule has 0 spiro atoms. The van der Waals surface area contributed by atoms with Crippen LogP contribution in [0.3, 0.4) is 0 Å². The van der Waals surface area contributed by atoms with Gasteiger partial charge in [-0.3, -0.25) is 0 Å². The molecule has 0 rings (SSSR count). The number of carbonyl (C=O) groups excluding carboxylic acids is 1. The second-order valence-electron chi connectivity index (χ2n) is 4.70. The summed E-state index contributed by atoms with van der Waals surface area (Å²) in [6, 6.07) is 0.798. The van der Waals surface area contributed by atoms with Crippen LogP contribution in [-0.4, -0.2) is 33.6 Å². The minimum atomic E-state index is -1.30. The van der Waals surface area contributed by atoms with Crippen molar-refractivity contribution in [3.63, 3.8) is 0 Å². The summed E-state index contributed by atoms with van der Waals surface area (Å²) in [6.45, 7) is 13.2. The molecule has 0 saturated carbocycles. The van der Waals surface area contributed by atoms with E-state index < -0.39 is 9.28 Å². The van der Waals surface area contributed by atoms with Crippen LogP contribution < -0.4 is 0 Å². The number of ether oxygens (including phenoxy) is 1. The minimum absolute atomic E-state index is 0.137. The molecule has 1 unspecified atom stereocenters. The number of carbonyl (C=O) groups is 1. The van der Waals surface area contributed by atoms with Gasteiger partial charge in [-0.2, -0.15) is 0 Å². The van der Waals surface area contributed by atoms with Crippen molar-refractivity contribution in [1.82, 2.24) is 0 Å². The van der Waals surface area contributed by atoms with Gasteiger partial charge >= 0.3 is 15.3 Å². The van der Waals surface area contributed by atoms with Crippen LogP contribution in [-0.2, 0) is 18.4 Å². The average Bonchev–Trinajstić information content (AvgIpc) is 2.24. The second-order valence-corrected chi connectivity index (χ2v) is 6.41. The van der Waals surface area contributed by atoms with Crippen LogP contribution in [0.5, 0.6) is 0 Å². The van der Waals surface area contributed by atoms with Gasteiger partial charge in [-0.25, -0.2) is 4.79 Å². The summed E-state index contributed by atoms with van der Waals surface area (Å²) < 4.78 is 16.6. The summed E-state index contributed by atoms with van der Waals surface area (Å²) in [6.07, 6.45) is 2.10. The van der Waals surface area contributed by atoms with E-state index in [1.807, 2.05) is 34.6 Å². The maximum atomic E-state index is 11.0. The van der Waals surface area contributed by atoms with Crippen LogP contribution in [0.2, 0.25) is 6.04 Å². The maximum absolute atomic E-state index is 11.0. The van der Waals surface area contributed by atoms with E-state index in [-0.39, 0.29) is 24.3 Å². The van der Waals surface area contributed by atoms with Gasteiger partial charge in [0.2, 0.25) is 0 Å². The van der Waals surface area contributed by atoms with Gasteiger partial charge in [-0.05, 0) is 47.1 Å². The molecule has 105 valence electrons. The standard InChI is InChI=1S/C13H25O4Si/c1-7-13(14)15-12(6)8-9-18(16-10(2)3)17-11(4)5/h7,10-12H,1,8-9H2,2-6H3. The van der Waals surface area contributed by atoms with E-state index in [0.717, 1.165) is 12.5 Å². The Hall–Kier alpha value is -0.653. The summed E-state index contributed by atoms with van der Waals surface area (Å²) in [5.41, 5.74) is 0. The first-order chi connectivity index (χ1) is 8.35. The highest BCUT2D eigenvalue weighted by Gasteiger charge is 2.21. The Balaban J connectivity index is 4.07. The van der Waals surface area contributed by atoms with Gasteiger partial charge in [0, 0.05) is 18.3 Å². The molecule has 0 heterocycles. The predicted octanol–water partition coefficient (Wildman–Crippen LogP) is 2.83. The molecule has 0 aliphatic heterocycles. The van der Waals surface area contributed by atoms with E-state index in [4.69, 9.17) is 13.6 Å². The molecule has 0 N–H and O–H groups in total. The van der Waals surface area contributed by atoms with Gasteiger partial charge in [0.1, 0.15) is 0 Å². The smallest absolute Gasteiger partial charge is 0.385 e. The molecule has 0 amide bonds. The van der Waals surface area contributed by atoms with E-state index in [2.05, 4.69) is 6.58 Å². The van der Waals surface area contributed by atoms with Crippen molar-refractivity contribution < 1.29 is 18.4 Å². The third-order valence-corrected chi connectivity index (χ3v) is 4.14. The molecule has 1 atom stereocenters. The lowest BCUT2D eigenvalue weighted by atomic mass is 10.3. The van der Waals surface area contributed by atoms with E-state index in [9.17, 15) is 4.79 Å². The van der Waals surface area contributed by atoms with Gasteiger partial charge in [0.05, 0.1) is 6.10 Å². The predicted molar refractivity (Wildman–Crippen MR) is 73.4 cm³/mol. The van der Waals surface area contributed by atoms with Crippen molar-refractivity contribution in [2.24, 2.45) is 0 Å². The Bertz CT molecular complexity index is 243. The van der Waals surface area contributed by atoms with Gasteiger partial charge < -0.3 is 13.6 Å². The van der Waals surface area contributed by atoms with Crippen LogP contribution in [0.4, 0.5) is 0 Å². The largest absolute Gasteiger partial charge is 0.460 e. The zero-order chi connectivity index (χ0) is 14.1. The quantitative estimate of drug-likeness (QED) is 0.368.